The molecule has 0 aliphatic rings. The standard InChI is InChI=1S/C14H17N3O3S2/c1-3-19-10-5-7-11(8-6-10)20-9-12(18)15-13-16-17-14(22-13)21-4-2/h5-8H,3-4,9H2,1-2H3,(H,15,16,18). The molecule has 0 fully saturated rings. The van der Waals surface area contributed by atoms with Gasteiger partial charge in [-0.2, -0.15) is 0 Å². The Morgan fingerprint density at radius 2 is 1.86 bits per heavy atom. The lowest BCUT2D eigenvalue weighted by atomic mass is 10.3. The van der Waals surface area contributed by atoms with E-state index in [1.807, 2.05) is 13.8 Å². The summed E-state index contributed by atoms with van der Waals surface area (Å²) >= 11 is 2.94. The van der Waals surface area contributed by atoms with Gasteiger partial charge < -0.3 is 9.47 Å². The van der Waals surface area contributed by atoms with Crippen LogP contribution in [-0.2, 0) is 4.79 Å². The minimum absolute atomic E-state index is 0.0795. The summed E-state index contributed by atoms with van der Waals surface area (Å²) in [5.41, 5.74) is 0. The van der Waals surface area contributed by atoms with E-state index in [4.69, 9.17) is 9.47 Å². The molecule has 0 saturated heterocycles. The van der Waals surface area contributed by atoms with Crippen LogP contribution in [0.25, 0.3) is 0 Å². The van der Waals surface area contributed by atoms with Gasteiger partial charge >= 0.3 is 0 Å². The Bertz CT molecular complexity index is 602. The highest BCUT2D eigenvalue weighted by Gasteiger charge is 2.09. The maximum Gasteiger partial charge on any atom is 0.264 e. The maximum absolute atomic E-state index is 11.8. The van der Waals surface area contributed by atoms with E-state index in [1.165, 1.54) is 11.3 Å². The van der Waals surface area contributed by atoms with Gasteiger partial charge in [0, 0.05) is 0 Å². The Labute approximate surface area is 137 Å². The Balaban J connectivity index is 1.79. The van der Waals surface area contributed by atoms with E-state index in [0.717, 1.165) is 15.8 Å². The molecule has 2 rings (SSSR count). The van der Waals surface area contributed by atoms with E-state index in [-0.39, 0.29) is 12.5 Å². The molecule has 2 aromatic rings. The second-order valence-electron chi connectivity index (χ2n) is 4.05. The number of benzene rings is 1. The summed E-state index contributed by atoms with van der Waals surface area (Å²) in [5, 5.41) is 11.0. The van der Waals surface area contributed by atoms with Crippen molar-refractivity contribution in [3.63, 3.8) is 0 Å². The highest BCUT2D eigenvalue weighted by atomic mass is 32.2. The Morgan fingerprint density at radius 1 is 1.18 bits per heavy atom. The zero-order valence-electron chi connectivity index (χ0n) is 12.4. The van der Waals surface area contributed by atoms with Crippen molar-refractivity contribution in [3.8, 4) is 11.5 Å². The minimum atomic E-state index is -0.266. The zero-order chi connectivity index (χ0) is 15.8. The molecular weight excluding hydrogens is 322 g/mol. The smallest absolute Gasteiger partial charge is 0.264 e. The van der Waals surface area contributed by atoms with Crippen LogP contribution >= 0.6 is 23.1 Å². The Kier molecular flexibility index (Phi) is 6.47. The van der Waals surface area contributed by atoms with Crippen molar-refractivity contribution in [1.82, 2.24) is 10.2 Å². The predicted octanol–water partition coefficient (Wildman–Crippen LogP) is 3.07. The van der Waals surface area contributed by atoms with Crippen LogP contribution in [0.5, 0.6) is 11.5 Å². The number of nitrogens with zero attached hydrogens (tertiary/aromatic N) is 2. The average molecular weight is 339 g/mol. The van der Waals surface area contributed by atoms with Crippen LogP contribution in [0, 0.1) is 0 Å². The van der Waals surface area contributed by atoms with Crippen LogP contribution < -0.4 is 14.8 Å². The fraction of sp³-hybridized carbons (Fsp3) is 0.357. The first-order chi connectivity index (χ1) is 10.7. The molecule has 1 N–H and O–H groups in total. The van der Waals surface area contributed by atoms with Crippen LogP contribution in [0.3, 0.4) is 0 Å². The van der Waals surface area contributed by atoms with Gasteiger partial charge in [-0.25, -0.2) is 0 Å². The largest absolute Gasteiger partial charge is 0.494 e. The number of ether oxygens (including phenoxy) is 2. The molecule has 0 spiro atoms. The molecule has 1 aromatic carbocycles. The van der Waals surface area contributed by atoms with E-state index in [1.54, 1.807) is 36.0 Å². The Morgan fingerprint density at radius 3 is 2.50 bits per heavy atom. The number of nitrogens with one attached hydrogen (secondary N) is 1. The van der Waals surface area contributed by atoms with Crippen molar-refractivity contribution in [2.75, 3.05) is 24.3 Å². The van der Waals surface area contributed by atoms with E-state index < -0.39 is 0 Å². The molecule has 0 aliphatic carbocycles. The lowest BCUT2D eigenvalue weighted by Gasteiger charge is -2.07. The first-order valence-corrected chi connectivity index (χ1v) is 8.63. The average Bonchev–Trinajstić information content (AvgIpc) is 2.94. The fourth-order valence-electron chi connectivity index (χ4n) is 1.55. The molecule has 0 unspecified atom stereocenters. The number of amides is 1. The second kappa shape index (κ2) is 8.60. The normalized spacial score (nSPS) is 10.3. The summed E-state index contributed by atoms with van der Waals surface area (Å²) < 4.78 is 11.6. The van der Waals surface area contributed by atoms with Gasteiger partial charge in [0.25, 0.3) is 5.91 Å². The van der Waals surface area contributed by atoms with Gasteiger partial charge in [-0.05, 0) is 36.9 Å². The molecule has 0 atom stereocenters. The highest BCUT2D eigenvalue weighted by Crippen LogP contribution is 2.25. The molecule has 22 heavy (non-hydrogen) atoms. The summed E-state index contributed by atoms with van der Waals surface area (Å²) in [6.07, 6.45) is 0. The summed E-state index contributed by atoms with van der Waals surface area (Å²) in [6, 6.07) is 7.13. The molecule has 0 radical (unpaired) electrons. The number of hydrogen-bond donors (Lipinski definition) is 1. The Hall–Kier alpha value is -1.80. The second-order valence-corrected chi connectivity index (χ2v) is 6.54. The molecule has 0 saturated carbocycles. The third kappa shape index (κ3) is 5.19. The lowest BCUT2D eigenvalue weighted by molar-refractivity contribution is -0.118. The summed E-state index contributed by atoms with van der Waals surface area (Å²) in [6.45, 7) is 4.49. The van der Waals surface area contributed by atoms with Crippen molar-refractivity contribution in [2.24, 2.45) is 0 Å². The van der Waals surface area contributed by atoms with Gasteiger partial charge in [-0.1, -0.05) is 30.0 Å². The third-order valence-corrected chi connectivity index (χ3v) is 4.28. The first kappa shape index (κ1) is 16.6. The third-order valence-electron chi connectivity index (χ3n) is 2.43. The molecule has 0 bridgehead atoms. The topological polar surface area (TPSA) is 73.3 Å². The molecule has 0 aliphatic heterocycles. The van der Waals surface area contributed by atoms with Gasteiger partial charge in [-0.3, -0.25) is 10.1 Å². The number of rotatable bonds is 8. The SMILES string of the molecule is CCOc1ccc(OCC(=O)Nc2nnc(SCC)s2)cc1. The van der Waals surface area contributed by atoms with Gasteiger partial charge in [0.1, 0.15) is 11.5 Å². The maximum atomic E-state index is 11.8. The fourth-order valence-corrected chi connectivity index (χ4v) is 3.21. The van der Waals surface area contributed by atoms with Gasteiger partial charge in [0.2, 0.25) is 5.13 Å². The first-order valence-electron chi connectivity index (χ1n) is 6.83. The number of anilines is 1. The minimum Gasteiger partial charge on any atom is -0.494 e. The van der Waals surface area contributed by atoms with Crippen LogP contribution in [0.15, 0.2) is 28.6 Å². The summed E-state index contributed by atoms with van der Waals surface area (Å²) in [4.78, 5) is 11.8. The van der Waals surface area contributed by atoms with E-state index in [2.05, 4.69) is 15.5 Å². The number of thioether (sulfide) groups is 1. The van der Waals surface area contributed by atoms with Crippen molar-refractivity contribution in [1.29, 1.82) is 0 Å². The molecule has 1 aromatic heterocycles. The van der Waals surface area contributed by atoms with Crippen molar-refractivity contribution in [3.05, 3.63) is 24.3 Å². The monoisotopic (exact) mass is 339 g/mol. The number of aromatic nitrogens is 2. The van der Waals surface area contributed by atoms with Crippen LogP contribution in [0.4, 0.5) is 5.13 Å². The molecule has 6 nitrogen and oxygen atoms in total. The van der Waals surface area contributed by atoms with E-state index in [0.29, 0.717) is 17.5 Å². The lowest BCUT2D eigenvalue weighted by Crippen LogP contribution is -2.20. The molecule has 118 valence electrons. The van der Waals surface area contributed by atoms with Gasteiger partial charge in [0.15, 0.2) is 10.9 Å². The van der Waals surface area contributed by atoms with Crippen LogP contribution in [-0.4, -0.2) is 35.1 Å². The molecular formula is C14H17N3O3S2. The van der Waals surface area contributed by atoms with Crippen molar-refractivity contribution >= 4 is 34.1 Å². The van der Waals surface area contributed by atoms with Crippen LogP contribution in [0.2, 0.25) is 0 Å². The van der Waals surface area contributed by atoms with Crippen molar-refractivity contribution in [2.45, 2.75) is 18.2 Å². The molecule has 1 heterocycles. The summed E-state index contributed by atoms with van der Waals surface area (Å²) in [5.74, 6) is 2.04. The molecule has 1 amide bonds. The van der Waals surface area contributed by atoms with Crippen molar-refractivity contribution < 1.29 is 14.3 Å². The van der Waals surface area contributed by atoms with Gasteiger partial charge in [0.05, 0.1) is 6.61 Å². The van der Waals surface area contributed by atoms with E-state index >= 15 is 0 Å². The summed E-state index contributed by atoms with van der Waals surface area (Å²) in [7, 11) is 0. The van der Waals surface area contributed by atoms with Crippen LogP contribution in [0.1, 0.15) is 13.8 Å². The number of hydrogen-bond acceptors (Lipinski definition) is 7. The zero-order valence-corrected chi connectivity index (χ0v) is 14.0. The quantitative estimate of drug-likeness (QED) is 0.588. The number of carbonyl (C=O) groups excluding carboxylic acids is 1. The number of carbonyl (C=O) groups is 1. The highest BCUT2D eigenvalue weighted by molar-refractivity contribution is 8.01. The molecule has 8 heteroatoms. The van der Waals surface area contributed by atoms with Gasteiger partial charge in [-0.15, -0.1) is 10.2 Å². The van der Waals surface area contributed by atoms with E-state index in [9.17, 15) is 4.79 Å². The predicted molar refractivity (Wildman–Crippen MR) is 88.0 cm³/mol.